The van der Waals surface area contributed by atoms with Gasteiger partial charge in [-0.2, -0.15) is 5.10 Å². The molecule has 36 heavy (non-hydrogen) atoms. The van der Waals surface area contributed by atoms with E-state index in [1.54, 1.807) is 48.4 Å². The van der Waals surface area contributed by atoms with Crippen LogP contribution in [-0.2, 0) is 9.59 Å². The minimum Gasteiger partial charge on any atom is -0.493 e. The van der Waals surface area contributed by atoms with E-state index in [2.05, 4.69) is 5.32 Å². The van der Waals surface area contributed by atoms with E-state index in [0.717, 1.165) is 5.56 Å². The van der Waals surface area contributed by atoms with Crippen LogP contribution in [0.15, 0.2) is 47.6 Å². The first-order chi connectivity index (χ1) is 17.1. The summed E-state index contributed by atoms with van der Waals surface area (Å²) in [6.07, 6.45) is 1.25. The number of carbonyl (C=O) groups is 3. The lowest BCUT2D eigenvalue weighted by Gasteiger charge is -2.35. The van der Waals surface area contributed by atoms with Gasteiger partial charge in [0, 0.05) is 36.8 Å². The van der Waals surface area contributed by atoms with Crippen LogP contribution in [0.2, 0.25) is 0 Å². The molecule has 0 saturated carbocycles. The van der Waals surface area contributed by atoms with Crippen molar-refractivity contribution in [2.45, 2.75) is 39.7 Å². The molecule has 4 rings (SSSR count). The summed E-state index contributed by atoms with van der Waals surface area (Å²) in [5.74, 6) is 0.851. The number of benzene rings is 2. The average Bonchev–Trinajstić information content (AvgIpc) is 3.11. The Kier molecular flexibility index (Phi) is 7.01. The molecule has 2 aromatic carbocycles. The van der Waals surface area contributed by atoms with Crippen LogP contribution in [0.25, 0.3) is 0 Å². The number of methoxy groups -OCH3 is 2. The molecule has 0 bridgehead atoms. The number of piperidine rings is 1. The highest BCUT2D eigenvalue weighted by atomic mass is 16.5. The number of amides is 3. The zero-order valence-electron chi connectivity index (χ0n) is 21.3. The summed E-state index contributed by atoms with van der Waals surface area (Å²) in [5.41, 5.74) is 1.80. The predicted octanol–water partition coefficient (Wildman–Crippen LogP) is 3.54. The highest BCUT2D eigenvalue weighted by Gasteiger charge is 2.47. The van der Waals surface area contributed by atoms with Crippen LogP contribution in [0.3, 0.4) is 0 Å². The van der Waals surface area contributed by atoms with Crippen molar-refractivity contribution in [3.8, 4) is 11.5 Å². The topological polar surface area (TPSA) is 101 Å². The molecule has 9 nitrogen and oxygen atoms in total. The van der Waals surface area contributed by atoms with Crippen molar-refractivity contribution in [3.63, 3.8) is 0 Å². The molecule has 1 saturated heterocycles. The van der Waals surface area contributed by atoms with E-state index in [4.69, 9.17) is 14.6 Å². The number of nitrogens with zero attached hydrogens (tertiary/aromatic N) is 3. The molecule has 190 valence electrons. The number of anilines is 1. The molecule has 0 radical (unpaired) electrons. The Morgan fingerprint density at radius 3 is 2.36 bits per heavy atom. The van der Waals surface area contributed by atoms with Gasteiger partial charge in [-0.25, -0.2) is 5.01 Å². The molecule has 0 aromatic heterocycles. The van der Waals surface area contributed by atoms with Gasteiger partial charge in [0.1, 0.15) is 0 Å². The molecule has 0 unspecified atom stereocenters. The Morgan fingerprint density at radius 2 is 1.72 bits per heavy atom. The first-order valence-corrected chi connectivity index (χ1v) is 12.0. The molecule has 0 atom stereocenters. The second kappa shape index (κ2) is 10.0. The fraction of sp³-hybridized carbons (Fsp3) is 0.407. The van der Waals surface area contributed by atoms with Crippen molar-refractivity contribution in [1.82, 2.24) is 9.91 Å². The SMILES string of the molecule is COc1ccc(C2=NN(C3CCN(C(=O)c4cccc(NC(C)=O)c4)CC3)C(=O)C2(C)C)cc1OC. The fourth-order valence-corrected chi connectivity index (χ4v) is 4.74. The maximum absolute atomic E-state index is 13.4. The largest absolute Gasteiger partial charge is 0.493 e. The van der Waals surface area contributed by atoms with Gasteiger partial charge in [0.15, 0.2) is 11.5 Å². The van der Waals surface area contributed by atoms with Gasteiger partial charge in [-0.15, -0.1) is 0 Å². The van der Waals surface area contributed by atoms with Gasteiger partial charge in [0.2, 0.25) is 5.91 Å². The number of ether oxygens (including phenoxy) is 2. The molecule has 2 aliphatic heterocycles. The molecule has 3 amide bonds. The third kappa shape index (κ3) is 4.78. The van der Waals surface area contributed by atoms with Crippen LogP contribution in [0.4, 0.5) is 5.69 Å². The number of hydrogen-bond donors (Lipinski definition) is 1. The third-order valence-corrected chi connectivity index (χ3v) is 6.73. The van der Waals surface area contributed by atoms with Gasteiger partial charge in [-0.3, -0.25) is 14.4 Å². The molecule has 2 aliphatic rings. The number of hydrazone groups is 1. The summed E-state index contributed by atoms with van der Waals surface area (Å²) in [6.45, 7) is 6.22. The Morgan fingerprint density at radius 1 is 1.03 bits per heavy atom. The van der Waals surface area contributed by atoms with Crippen LogP contribution in [0.1, 0.15) is 49.5 Å². The van der Waals surface area contributed by atoms with E-state index in [1.165, 1.54) is 6.92 Å². The third-order valence-electron chi connectivity index (χ3n) is 6.73. The first-order valence-electron chi connectivity index (χ1n) is 12.0. The van der Waals surface area contributed by atoms with Crippen molar-refractivity contribution in [2.75, 3.05) is 32.6 Å². The van der Waals surface area contributed by atoms with Crippen LogP contribution >= 0.6 is 0 Å². The zero-order valence-corrected chi connectivity index (χ0v) is 21.3. The van der Waals surface area contributed by atoms with Gasteiger partial charge >= 0.3 is 0 Å². The van der Waals surface area contributed by atoms with Crippen LogP contribution in [0.5, 0.6) is 11.5 Å². The second-order valence-electron chi connectivity index (χ2n) is 9.58. The van der Waals surface area contributed by atoms with Gasteiger partial charge in [0.25, 0.3) is 11.8 Å². The van der Waals surface area contributed by atoms with Crippen molar-refractivity contribution >= 4 is 29.1 Å². The average molecular weight is 493 g/mol. The van der Waals surface area contributed by atoms with Gasteiger partial charge in [0.05, 0.1) is 31.4 Å². The molecule has 9 heteroatoms. The van der Waals surface area contributed by atoms with Gasteiger partial charge in [-0.1, -0.05) is 6.07 Å². The Bertz CT molecular complexity index is 1210. The quantitative estimate of drug-likeness (QED) is 0.665. The number of nitrogens with one attached hydrogen (secondary N) is 1. The maximum Gasteiger partial charge on any atom is 0.254 e. The molecule has 1 fully saturated rings. The van der Waals surface area contributed by atoms with Crippen LogP contribution in [-0.4, -0.2) is 66.7 Å². The van der Waals surface area contributed by atoms with E-state index in [-0.39, 0.29) is 23.8 Å². The molecule has 0 aliphatic carbocycles. The lowest BCUT2D eigenvalue weighted by atomic mass is 9.83. The van der Waals surface area contributed by atoms with E-state index in [9.17, 15) is 14.4 Å². The fourth-order valence-electron chi connectivity index (χ4n) is 4.74. The maximum atomic E-state index is 13.4. The van der Waals surface area contributed by atoms with E-state index in [0.29, 0.717) is 54.4 Å². The smallest absolute Gasteiger partial charge is 0.254 e. The van der Waals surface area contributed by atoms with Gasteiger partial charge < -0.3 is 19.7 Å². The minimum atomic E-state index is -0.795. The lowest BCUT2D eigenvalue weighted by Crippen LogP contribution is -2.47. The zero-order chi connectivity index (χ0) is 26.0. The number of likely N-dealkylation sites (tertiary alicyclic amines) is 1. The normalized spacial score (nSPS) is 17.6. The Labute approximate surface area is 211 Å². The molecule has 1 N–H and O–H groups in total. The summed E-state index contributed by atoms with van der Waals surface area (Å²) >= 11 is 0. The van der Waals surface area contributed by atoms with Crippen molar-refractivity contribution in [2.24, 2.45) is 10.5 Å². The second-order valence-corrected chi connectivity index (χ2v) is 9.58. The first kappa shape index (κ1) is 25.2. The molecule has 2 aromatic rings. The number of carbonyl (C=O) groups excluding carboxylic acids is 3. The molecule has 0 spiro atoms. The van der Waals surface area contributed by atoms with E-state index < -0.39 is 5.41 Å². The van der Waals surface area contributed by atoms with Crippen LogP contribution in [0, 0.1) is 5.41 Å². The lowest BCUT2D eigenvalue weighted by molar-refractivity contribution is -0.138. The Balaban J connectivity index is 1.48. The summed E-state index contributed by atoms with van der Waals surface area (Å²) in [4.78, 5) is 39.6. The van der Waals surface area contributed by atoms with E-state index >= 15 is 0 Å². The van der Waals surface area contributed by atoms with Crippen molar-refractivity contribution in [1.29, 1.82) is 0 Å². The number of hydrogen-bond acceptors (Lipinski definition) is 6. The highest BCUT2D eigenvalue weighted by molar-refractivity contribution is 6.19. The predicted molar refractivity (Wildman–Crippen MR) is 136 cm³/mol. The van der Waals surface area contributed by atoms with Crippen LogP contribution < -0.4 is 14.8 Å². The summed E-state index contributed by atoms with van der Waals surface area (Å²) in [5, 5.41) is 9.08. The number of rotatable bonds is 6. The monoisotopic (exact) mass is 492 g/mol. The standard InChI is InChI=1S/C27H32N4O5/c1-17(32)28-20-8-6-7-19(15-20)25(33)30-13-11-21(12-14-30)31-26(34)27(2,3)24(29-31)18-9-10-22(35-4)23(16-18)36-5/h6-10,15-16,21H,11-14H2,1-5H3,(H,28,32). The molecule has 2 heterocycles. The minimum absolute atomic E-state index is 0.0555. The van der Waals surface area contributed by atoms with Gasteiger partial charge in [-0.05, 0) is 63.1 Å². The molecular weight excluding hydrogens is 460 g/mol. The highest BCUT2D eigenvalue weighted by Crippen LogP contribution is 2.37. The van der Waals surface area contributed by atoms with E-state index in [1.807, 2.05) is 32.0 Å². The van der Waals surface area contributed by atoms with Crippen molar-refractivity contribution < 1.29 is 23.9 Å². The summed E-state index contributed by atoms with van der Waals surface area (Å²) < 4.78 is 10.8. The Hall–Kier alpha value is -3.88. The summed E-state index contributed by atoms with van der Waals surface area (Å²) in [7, 11) is 3.16. The summed E-state index contributed by atoms with van der Waals surface area (Å²) in [6, 6.07) is 12.4. The van der Waals surface area contributed by atoms with Crippen molar-refractivity contribution in [3.05, 3.63) is 53.6 Å². The molecular formula is C27H32N4O5.